The molecule has 2 bridgehead atoms. The second-order valence-electron chi connectivity index (χ2n) is 13.9. The number of ether oxygens (including phenoxy) is 1. The van der Waals surface area contributed by atoms with Crippen LogP contribution in [-0.4, -0.2) is 77.8 Å². The van der Waals surface area contributed by atoms with Crippen LogP contribution in [0.5, 0.6) is 0 Å². The lowest BCUT2D eigenvalue weighted by Gasteiger charge is -2.56. The van der Waals surface area contributed by atoms with E-state index in [9.17, 15) is 0 Å². The van der Waals surface area contributed by atoms with Crippen molar-refractivity contribution >= 4 is 0 Å². The summed E-state index contributed by atoms with van der Waals surface area (Å²) >= 11 is 0. The van der Waals surface area contributed by atoms with Crippen LogP contribution >= 0.6 is 0 Å². The van der Waals surface area contributed by atoms with Crippen molar-refractivity contribution in [2.24, 2.45) is 11.3 Å². The maximum absolute atomic E-state index is 7.60. The lowest BCUT2D eigenvalue weighted by molar-refractivity contribution is -0.146. The summed E-state index contributed by atoms with van der Waals surface area (Å²) in [5.74, 6) is 0.656. The molecule has 2 spiro atoms. The Morgan fingerprint density at radius 3 is 2.59 bits per heavy atom. The van der Waals surface area contributed by atoms with Crippen LogP contribution in [0.15, 0.2) is 47.6 Å². The van der Waals surface area contributed by atoms with Crippen LogP contribution in [0.1, 0.15) is 69.4 Å². The number of fused-ring (bicyclic) bond motifs is 2. The number of rotatable bonds is 2. The predicted molar refractivity (Wildman–Crippen MR) is 148 cm³/mol. The first kappa shape index (κ1) is 23.4. The summed E-state index contributed by atoms with van der Waals surface area (Å²) in [5, 5.41) is 0. The van der Waals surface area contributed by atoms with Gasteiger partial charge in [-0.05, 0) is 98.4 Å². The van der Waals surface area contributed by atoms with Gasteiger partial charge in [0.1, 0.15) is 0 Å². The zero-order valence-corrected chi connectivity index (χ0v) is 23.1. The van der Waals surface area contributed by atoms with Gasteiger partial charge in [0.15, 0.2) is 0 Å². The van der Waals surface area contributed by atoms with Crippen LogP contribution in [0.2, 0.25) is 0 Å². The normalized spacial score (nSPS) is 43.9. The molecule has 3 aliphatic carbocycles. The first-order valence-electron chi connectivity index (χ1n) is 15.3. The van der Waals surface area contributed by atoms with Crippen LogP contribution < -0.4 is 0 Å². The van der Waals surface area contributed by atoms with Crippen LogP contribution in [0.3, 0.4) is 0 Å². The Morgan fingerprint density at radius 2 is 1.73 bits per heavy atom. The zero-order chi connectivity index (χ0) is 24.8. The van der Waals surface area contributed by atoms with Crippen LogP contribution in [0.25, 0.3) is 0 Å². The molecular formula is C33H45N3O. The van der Waals surface area contributed by atoms with E-state index in [-0.39, 0.29) is 11.2 Å². The van der Waals surface area contributed by atoms with Gasteiger partial charge in [-0.15, -0.1) is 0 Å². The van der Waals surface area contributed by atoms with E-state index < -0.39 is 0 Å². The highest BCUT2D eigenvalue weighted by molar-refractivity contribution is 5.47. The monoisotopic (exact) mass is 499 g/mol. The predicted octanol–water partition coefficient (Wildman–Crippen LogP) is 5.19. The van der Waals surface area contributed by atoms with E-state index in [1.807, 2.05) is 0 Å². The summed E-state index contributed by atoms with van der Waals surface area (Å²) in [6.07, 6.45) is 16.7. The second-order valence-corrected chi connectivity index (χ2v) is 13.9. The highest BCUT2D eigenvalue weighted by Crippen LogP contribution is 2.67. The van der Waals surface area contributed by atoms with Crippen LogP contribution in [0.4, 0.5) is 0 Å². The van der Waals surface area contributed by atoms with Crippen molar-refractivity contribution in [3.63, 3.8) is 0 Å². The Bertz CT molecular complexity index is 1150. The molecule has 198 valence electrons. The molecule has 4 aliphatic heterocycles. The topological polar surface area (TPSA) is 19.0 Å². The molecule has 4 fully saturated rings. The third-order valence-electron chi connectivity index (χ3n) is 12.3. The maximum Gasteiger partial charge on any atom is 0.0975 e. The third-order valence-corrected chi connectivity index (χ3v) is 12.3. The summed E-state index contributed by atoms with van der Waals surface area (Å²) in [5.41, 5.74) is 6.65. The van der Waals surface area contributed by atoms with Gasteiger partial charge in [0.25, 0.3) is 0 Å². The number of nitrogens with zero attached hydrogens (tertiary/aromatic N) is 3. The standard InChI is InChI=1S/C33H45N3O/c1-31-13-11-27-21-26-7-8-28(35-19-17-34(2)18-20-35)22-32(26)14-15-33(27,37-32)29(31)9-10-30(31)36-16-12-24-5-3-4-6-25(24)23-36/h3-6,11,21,28-30H,7-10,12-20,22-23H2,1-2H3/t28-,29-,30+,31+,32-,33?/m1/s1. The molecule has 6 atom stereocenters. The molecule has 4 nitrogen and oxygen atoms in total. The fourth-order valence-electron chi connectivity index (χ4n) is 10.2. The minimum absolute atomic E-state index is 0.0179. The molecule has 37 heavy (non-hydrogen) atoms. The fraction of sp³-hybridized carbons (Fsp3) is 0.697. The summed E-state index contributed by atoms with van der Waals surface area (Å²) in [4.78, 5) is 8.15. The molecule has 4 heteroatoms. The Kier molecular flexibility index (Phi) is 5.24. The van der Waals surface area contributed by atoms with Crippen molar-refractivity contribution in [2.75, 3.05) is 39.8 Å². The average Bonchev–Trinajstić information content (AvgIpc) is 3.43. The lowest BCUT2D eigenvalue weighted by Crippen LogP contribution is -2.58. The Morgan fingerprint density at radius 1 is 0.892 bits per heavy atom. The molecular weight excluding hydrogens is 454 g/mol. The van der Waals surface area contributed by atoms with Crippen LogP contribution in [0, 0.1) is 11.3 Å². The third kappa shape index (κ3) is 3.35. The summed E-state index contributed by atoms with van der Waals surface area (Å²) in [7, 11) is 2.27. The van der Waals surface area contributed by atoms with E-state index >= 15 is 0 Å². The van der Waals surface area contributed by atoms with Gasteiger partial charge in [-0.25, -0.2) is 0 Å². The molecule has 0 aromatic heterocycles. The molecule has 1 aromatic rings. The minimum atomic E-state index is -0.0249. The van der Waals surface area contributed by atoms with Gasteiger partial charge < -0.3 is 9.64 Å². The quantitative estimate of drug-likeness (QED) is 0.558. The number of allylic oxidation sites excluding steroid dienone is 1. The largest absolute Gasteiger partial charge is 0.359 e. The van der Waals surface area contributed by atoms with E-state index in [1.165, 1.54) is 90.5 Å². The van der Waals surface area contributed by atoms with Gasteiger partial charge in [-0.3, -0.25) is 9.80 Å². The summed E-state index contributed by atoms with van der Waals surface area (Å²) in [6.45, 7) is 9.88. The first-order valence-corrected chi connectivity index (χ1v) is 15.3. The SMILES string of the molecule is CN1CCN([C@@H]2CCC3=CC4=CC[C@]5(C)[C@@H](N6CCc7ccccc7C6)CC[C@H]5C45CC[C@]3(C2)O5)CC1. The van der Waals surface area contributed by atoms with Crippen LogP contribution in [-0.2, 0) is 17.7 Å². The van der Waals surface area contributed by atoms with Crippen molar-refractivity contribution in [1.82, 2.24) is 14.7 Å². The molecule has 1 unspecified atom stereocenters. The van der Waals surface area contributed by atoms with Crippen molar-refractivity contribution in [2.45, 2.75) is 94.5 Å². The number of benzene rings is 1. The van der Waals surface area contributed by atoms with Crippen molar-refractivity contribution < 1.29 is 4.74 Å². The molecule has 0 radical (unpaired) electrons. The molecule has 7 aliphatic rings. The molecule has 0 amide bonds. The van der Waals surface area contributed by atoms with E-state index in [0.717, 1.165) is 6.54 Å². The molecule has 1 aromatic carbocycles. The Labute approximate surface area is 223 Å². The zero-order valence-electron chi connectivity index (χ0n) is 23.1. The van der Waals surface area contributed by atoms with E-state index in [4.69, 9.17) is 4.74 Å². The van der Waals surface area contributed by atoms with Gasteiger partial charge in [0, 0.05) is 51.4 Å². The minimum Gasteiger partial charge on any atom is -0.359 e. The molecule has 4 heterocycles. The first-order chi connectivity index (χ1) is 18.0. The molecule has 0 N–H and O–H groups in total. The van der Waals surface area contributed by atoms with Gasteiger partial charge in [0.05, 0.1) is 11.2 Å². The highest BCUT2D eigenvalue weighted by Gasteiger charge is 2.67. The Balaban J connectivity index is 1.07. The number of likely N-dealkylation sites (N-methyl/N-ethyl adjacent to an activating group) is 1. The number of hydrogen-bond acceptors (Lipinski definition) is 4. The van der Waals surface area contributed by atoms with Gasteiger partial charge in [-0.1, -0.05) is 43.3 Å². The van der Waals surface area contributed by atoms with E-state index in [2.05, 4.69) is 65.1 Å². The summed E-state index contributed by atoms with van der Waals surface area (Å²) in [6, 6.07) is 10.5. The summed E-state index contributed by atoms with van der Waals surface area (Å²) < 4.78 is 7.60. The molecule has 2 saturated carbocycles. The number of piperazine rings is 1. The fourth-order valence-corrected chi connectivity index (χ4v) is 10.2. The van der Waals surface area contributed by atoms with Gasteiger partial charge >= 0.3 is 0 Å². The lowest BCUT2D eigenvalue weighted by atomic mass is 9.59. The van der Waals surface area contributed by atoms with Gasteiger partial charge in [-0.2, -0.15) is 0 Å². The average molecular weight is 500 g/mol. The van der Waals surface area contributed by atoms with Crippen molar-refractivity contribution in [1.29, 1.82) is 0 Å². The molecule has 8 rings (SSSR count). The number of hydrogen-bond donors (Lipinski definition) is 0. The van der Waals surface area contributed by atoms with Crippen molar-refractivity contribution in [3.05, 3.63) is 58.7 Å². The molecule has 2 saturated heterocycles. The second kappa shape index (κ2) is 8.27. The Hall–Kier alpha value is -1.46. The smallest absolute Gasteiger partial charge is 0.0975 e. The maximum atomic E-state index is 7.60. The van der Waals surface area contributed by atoms with Gasteiger partial charge in [0.2, 0.25) is 0 Å². The van der Waals surface area contributed by atoms with Crippen molar-refractivity contribution in [3.8, 4) is 0 Å². The van der Waals surface area contributed by atoms with E-state index in [0.29, 0.717) is 23.4 Å². The van der Waals surface area contributed by atoms with E-state index in [1.54, 1.807) is 22.3 Å². The highest BCUT2D eigenvalue weighted by atomic mass is 16.5.